The second-order valence-corrected chi connectivity index (χ2v) is 8.20. The minimum Gasteiger partial charge on any atom is -0.497 e. The number of ketones is 1. The summed E-state index contributed by atoms with van der Waals surface area (Å²) in [6.45, 7) is 3.59. The molecular formula is C21H20BrNO4. The van der Waals surface area contributed by atoms with E-state index in [4.69, 9.17) is 4.74 Å². The number of aliphatic hydroxyl groups excluding tert-OH is 2. The molecule has 1 heterocycles. The third-order valence-corrected chi connectivity index (χ3v) is 5.88. The molecule has 3 aromatic rings. The fraction of sp³-hybridized carbons (Fsp3) is 0.286. The van der Waals surface area contributed by atoms with Gasteiger partial charge in [0, 0.05) is 26.5 Å². The first-order valence-electron chi connectivity index (χ1n) is 8.67. The summed E-state index contributed by atoms with van der Waals surface area (Å²) in [7, 11) is 1.59. The lowest BCUT2D eigenvalue weighted by Gasteiger charge is -2.35. The molecule has 1 atom stereocenters. The normalized spacial score (nSPS) is 16.1. The minimum atomic E-state index is -1.15. The maximum Gasteiger partial charge on any atom is 0.195 e. The number of fused-ring (bicyclic) bond motifs is 4. The van der Waals surface area contributed by atoms with Crippen molar-refractivity contribution in [2.45, 2.75) is 25.5 Å². The van der Waals surface area contributed by atoms with Crippen molar-refractivity contribution in [3.8, 4) is 5.75 Å². The van der Waals surface area contributed by atoms with Crippen LogP contribution in [-0.4, -0.2) is 34.3 Å². The van der Waals surface area contributed by atoms with Gasteiger partial charge in [-0.3, -0.25) is 4.79 Å². The first kappa shape index (κ1) is 18.2. The lowest BCUT2D eigenvalue weighted by Crippen LogP contribution is -2.34. The average molecular weight is 430 g/mol. The third-order valence-electron chi connectivity index (χ3n) is 5.39. The number of hydrogen-bond acceptors (Lipinski definition) is 4. The van der Waals surface area contributed by atoms with Crippen LogP contribution in [0.4, 0.5) is 0 Å². The summed E-state index contributed by atoms with van der Waals surface area (Å²) < 4.78 is 7.87. The van der Waals surface area contributed by atoms with Crippen molar-refractivity contribution in [1.82, 2.24) is 4.57 Å². The van der Waals surface area contributed by atoms with Crippen LogP contribution in [0.1, 0.15) is 47.3 Å². The van der Waals surface area contributed by atoms with Gasteiger partial charge < -0.3 is 19.5 Å². The van der Waals surface area contributed by atoms with E-state index in [-0.39, 0.29) is 5.78 Å². The Hall–Kier alpha value is -2.15. The van der Waals surface area contributed by atoms with E-state index in [0.29, 0.717) is 28.1 Å². The fourth-order valence-corrected chi connectivity index (χ4v) is 4.50. The van der Waals surface area contributed by atoms with Crippen LogP contribution in [0.3, 0.4) is 0 Å². The highest BCUT2D eigenvalue weighted by Gasteiger charge is 2.42. The maximum atomic E-state index is 13.4. The van der Waals surface area contributed by atoms with Gasteiger partial charge in [0.15, 0.2) is 12.0 Å². The first-order valence-corrected chi connectivity index (χ1v) is 9.46. The van der Waals surface area contributed by atoms with Crippen LogP contribution < -0.4 is 4.74 Å². The largest absolute Gasteiger partial charge is 0.497 e. The number of nitrogens with zero attached hydrogens (tertiary/aromatic N) is 1. The van der Waals surface area contributed by atoms with E-state index in [2.05, 4.69) is 15.9 Å². The maximum absolute atomic E-state index is 13.4. The number of methoxy groups -OCH3 is 1. The molecule has 0 bridgehead atoms. The first-order chi connectivity index (χ1) is 12.8. The Morgan fingerprint density at radius 3 is 2.63 bits per heavy atom. The van der Waals surface area contributed by atoms with Gasteiger partial charge in [0.05, 0.1) is 24.8 Å². The summed E-state index contributed by atoms with van der Waals surface area (Å²) in [6.07, 6.45) is -1.15. The van der Waals surface area contributed by atoms with Crippen molar-refractivity contribution in [2.75, 3.05) is 13.7 Å². The van der Waals surface area contributed by atoms with Crippen LogP contribution in [0.2, 0.25) is 0 Å². The number of hydrogen-bond donors (Lipinski definition) is 2. The lowest BCUT2D eigenvalue weighted by atomic mass is 9.71. The number of halogens is 1. The molecule has 0 fully saturated rings. The van der Waals surface area contributed by atoms with Gasteiger partial charge in [0.2, 0.25) is 0 Å². The fourth-order valence-electron chi connectivity index (χ4n) is 4.15. The van der Waals surface area contributed by atoms with Gasteiger partial charge in [-0.15, -0.1) is 0 Å². The summed E-state index contributed by atoms with van der Waals surface area (Å²) in [5.41, 5.74) is 2.88. The Bertz CT molecular complexity index is 1080. The van der Waals surface area contributed by atoms with Crippen LogP contribution in [0.15, 0.2) is 40.9 Å². The van der Waals surface area contributed by atoms with Crippen molar-refractivity contribution in [2.24, 2.45) is 0 Å². The third kappa shape index (κ3) is 2.47. The number of benzene rings is 2. The van der Waals surface area contributed by atoms with Crippen LogP contribution in [0, 0.1) is 0 Å². The zero-order valence-corrected chi connectivity index (χ0v) is 16.9. The van der Waals surface area contributed by atoms with Crippen LogP contribution >= 0.6 is 15.9 Å². The Labute approximate surface area is 165 Å². The monoisotopic (exact) mass is 429 g/mol. The van der Waals surface area contributed by atoms with E-state index < -0.39 is 18.2 Å². The van der Waals surface area contributed by atoms with E-state index in [1.807, 2.05) is 38.1 Å². The average Bonchev–Trinajstić information content (AvgIpc) is 3.00. The minimum absolute atomic E-state index is 0.0850. The Morgan fingerprint density at radius 1 is 1.22 bits per heavy atom. The van der Waals surface area contributed by atoms with Crippen molar-refractivity contribution < 1.29 is 19.7 Å². The molecule has 140 valence electrons. The molecule has 1 aliphatic rings. The number of aliphatic hydroxyl groups is 2. The van der Waals surface area contributed by atoms with E-state index in [9.17, 15) is 15.0 Å². The molecule has 1 aromatic heterocycles. The molecule has 0 aliphatic heterocycles. The topological polar surface area (TPSA) is 71.7 Å². The van der Waals surface area contributed by atoms with E-state index >= 15 is 0 Å². The Morgan fingerprint density at radius 2 is 1.96 bits per heavy atom. The number of aromatic nitrogens is 1. The SMILES string of the molecule is COc1ccc2c(c1)C(C)(C)c1c(c3ccc(Br)cc3n1C(O)CO)C2=O. The summed E-state index contributed by atoms with van der Waals surface area (Å²) in [5.74, 6) is 0.587. The number of rotatable bonds is 3. The highest BCUT2D eigenvalue weighted by Crippen LogP contribution is 2.47. The molecule has 27 heavy (non-hydrogen) atoms. The van der Waals surface area contributed by atoms with Gasteiger partial charge >= 0.3 is 0 Å². The molecule has 2 N–H and O–H groups in total. The zero-order valence-electron chi connectivity index (χ0n) is 15.3. The number of ether oxygens (including phenoxy) is 1. The van der Waals surface area contributed by atoms with Crippen molar-refractivity contribution in [3.63, 3.8) is 0 Å². The molecule has 4 rings (SSSR count). The molecule has 6 heteroatoms. The van der Waals surface area contributed by atoms with Gasteiger partial charge in [0.25, 0.3) is 0 Å². The second kappa shape index (κ2) is 6.19. The summed E-state index contributed by atoms with van der Waals surface area (Å²) in [4.78, 5) is 13.4. The Balaban J connectivity index is 2.15. The van der Waals surface area contributed by atoms with Gasteiger partial charge in [-0.1, -0.05) is 35.8 Å². The summed E-state index contributed by atoms with van der Waals surface area (Å²) >= 11 is 3.46. The summed E-state index contributed by atoms with van der Waals surface area (Å²) in [6, 6.07) is 11.1. The number of carbonyl (C=O) groups excluding carboxylic acids is 1. The highest BCUT2D eigenvalue weighted by molar-refractivity contribution is 9.10. The van der Waals surface area contributed by atoms with E-state index in [0.717, 1.165) is 15.4 Å². The molecule has 0 amide bonds. The van der Waals surface area contributed by atoms with Crippen LogP contribution in [0.25, 0.3) is 10.9 Å². The van der Waals surface area contributed by atoms with Gasteiger partial charge in [-0.2, -0.15) is 0 Å². The van der Waals surface area contributed by atoms with Gasteiger partial charge in [-0.25, -0.2) is 0 Å². The highest BCUT2D eigenvalue weighted by atomic mass is 79.9. The molecule has 0 radical (unpaired) electrons. The standard InChI is InChI=1S/C21H20BrNO4/c1-21(2)15-9-12(27-3)5-7-13(15)19(26)18-14-6-4-11(22)8-16(14)23(20(18)21)17(25)10-24/h4-9,17,24-25H,10H2,1-3H3. The van der Waals surface area contributed by atoms with Gasteiger partial charge in [0.1, 0.15) is 5.75 Å². The molecule has 1 unspecified atom stereocenters. The van der Waals surface area contributed by atoms with Crippen molar-refractivity contribution in [1.29, 1.82) is 0 Å². The molecule has 0 saturated heterocycles. The summed E-state index contributed by atoms with van der Waals surface area (Å²) in [5, 5.41) is 21.0. The molecule has 2 aromatic carbocycles. The smallest absolute Gasteiger partial charge is 0.195 e. The predicted octanol–water partition coefficient (Wildman–Crippen LogP) is 3.77. The zero-order chi connectivity index (χ0) is 19.5. The quantitative estimate of drug-likeness (QED) is 0.664. The van der Waals surface area contributed by atoms with Gasteiger partial charge in [-0.05, 0) is 35.9 Å². The van der Waals surface area contributed by atoms with Crippen molar-refractivity contribution >= 4 is 32.6 Å². The molecule has 1 aliphatic carbocycles. The van der Waals surface area contributed by atoms with E-state index in [1.165, 1.54) is 0 Å². The Kier molecular flexibility index (Phi) is 4.18. The second-order valence-electron chi connectivity index (χ2n) is 7.28. The number of carbonyl (C=O) groups is 1. The predicted molar refractivity (Wildman–Crippen MR) is 107 cm³/mol. The molecule has 5 nitrogen and oxygen atoms in total. The van der Waals surface area contributed by atoms with Crippen molar-refractivity contribution in [3.05, 3.63) is 63.3 Å². The van der Waals surface area contributed by atoms with E-state index in [1.54, 1.807) is 23.8 Å². The molecule has 0 spiro atoms. The van der Waals surface area contributed by atoms with Crippen LogP contribution in [-0.2, 0) is 5.41 Å². The van der Waals surface area contributed by atoms with Crippen LogP contribution in [0.5, 0.6) is 5.75 Å². The lowest BCUT2D eigenvalue weighted by molar-refractivity contribution is 0.0389. The molecule has 0 saturated carbocycles. The molecular weight excluding hydrogens is 410 g/mol.